The Morgan fingerprint density at radius 1 is 1.17 bits per heavy atom. The second kappa shape index (κ2) is 6.01. The molecule has 122 valence electrons. The van der Waals surface area contributed by atoms with Crippen molar-refractivity contribution in [3.63, 3.8) is 0 Å². The SMILES string of the molecule is CC1c2ccc(Br)cc2CCN1C(=O)c1cc2ccc(Br)cn2n1. The summed E-state index contributed by atoms with van der Waals surface area (Å²) in [6.45, 7) is 2.79. The Morgan fingerprint density at radius 2 is 1.96 bits per heavy atom. The van der Waals surface area contributed by atoms with Gasteiger partial charge >= 0.3 is 0 Å². The van der Waals surface area contributed by atoms with Gasteiger partial charge in [-0.15, -0.1) is 0 Å². The predicted molar refractivity (Wildman–Crippen MR) is 100 cm³/mol. The summed E-state index contributed by atoms with van der Waals surface area (Å²) in [6, 6.07) is 12.1. The van der Waals surface area contributed by atoms with E-state index in [-0.39, 0.29) is 11.9 Å². The van der Waals surface area contributed by atoms with Gasteiger partial charge in [0.15, 0.2) is 5.69 Å². The third-order valence-electron chi connectivity index (χ3n) is 4.55. The number of rotatable bonds is 1. The number of fused-ring (bicyclic) bond motifs is 2. The van der Waals surface area contributed by atoms with Crippen LogP contribution in [0.2, 0.25) is 0 Å². The molecule has 6 heteroatoms. The zero-order valence-corrected chi connectivity index (χ0v) is 16.2. The summed E-state index contributed by atoms with van der Waals surface area (Å²) in [6.07, 6.45) is 2.72. The topological polar surface area (TPSA) is 37.6 Å². The van der Waals surface area contributed by atoms with Crippen molar-refractivity contribution in [3.8, 4) is 0 Å². The molecule has 1 aliphatic rings. The number of amides is 1. The van der Waals surface area contributed by atoms with Crippen LogP contribution in [0.4, 0.5) is 0 Å². The lowest BCUT2D eigenvalue weighted by molar-refractivity contribution is 0.0671. The van der Waals surface area contributed by atoms with Gasteiger partial charge in [0.25, 0.3) is 5.91 Å². The number of carbonyl (C=O) groups excluding carboxylic acids is 1. The highest BCUT2D eigenvalue weighted by molar-refractivity contribution is 9.10. The smallest absolute Gasteiger partial charge is 0.274 e. The van der Waals surface area contributed by atoms with Crippen LogP contribution in [-0.4, -0.2) is 27.0 Å². The summed E-state index contributed by atoms with van der Waals surface area (Å²) in [5, 5.41) is 4.44. The summed E-state index contributed by atoms with van der Waals surface area (Å²) in [5.41, 5.74) is 3.92. The first-order valence-corrected chi connectivity index (χ1v) is 9.36. The molecule has 4 rings (SSSR count). The van der Waals surface area contributed by atoms with Crippen molar-refractivity contribution >= 4 is 43.3 Å². The summed E-state index contributed by atoms with van der Waals surface area (Å²) in [5.74, 6) is -0.0177. The Bertz CT molecular complexity index is 951. The van der Waals surface area contributed by atoms with Crippen molar-refractivity contribution in [2.75, 3.05) is 6.54 Å². The Balaban J connectivity index is 1.67. The average molecular weight is 449 g/mol. The van der Waals surface area contributed by atoms with Crippen LogP contribution < -0.4 is 0 Å². The molecular weight excluding hydrogens is 434 g/mol. The molecule has 0 saturated carbocycles. The molecule has 1 atom stereocenters. The Morgan fingerprint density at radius 3 is 2.79 bits per heavy atom. The minimum atomic E-state index is -0.0177. The van der Waals surface area contributed by atoms with Gasteiger partial charge in [-0.3, -0.25) is 4.79 Å². The largest absolute Gasteiger partial charge is 0.330 e. The van der Waals surface area contributed by atoms with Gasteiger partial charge in [0.2, 0.25) is 0 Å². The van der Waals surface area contributed by atoms with E-state index in [9.17, 15) is 4.79 Å². The maximum absolute atomic E-state index is 13.0. The lowest BCUT2D eigenvalue weighted by Crippen LogP contribution is -2.39. The molecule has 3 aromatic rings. The summed E-state index contributed by atoms with van der Waals surface area (Å²) in [4.78, 5) is 14.9. The normalized spacial score (nSPS) is 17.1. The van der Waals surface area contributed by atoms with Crippen LogP contribution >= 0.6 is 31.9 Å². The zero-order valence-electron chi connectivity index (χ0n) is 13.0. The number of pyridine rings is 1. The highest BCUT2D eigenvalue weighted by Crippen LogP contribution is 2.32. The van der Waals surface area contributed by atoms with E-state index in [2.05, 4.69) is 56.0 Å². The second-order valence-electron chi connectivity index (χ2n) is 6.01. The molecule has 2 aromatic heterocycles. The van der Waals surface area contributed by atoms with Crippen molar-refractivity contribution in [2.45, 2.75) is 19.4 Å². The standard InChI is InChI=1S/C18H15Br2N3O/c1-11-16-5-3-13(19)8-12(16)6-7-22(11)18(24)17-9-15-4-2-14(20)10-23(15)21-17/h2-5,8-11H,6-7H2,1H3. The van der Waals surface area contributed by atoms with Crippen LogP contribution in [0, 0.1) is 0 Å². The first-order chi connectivity index (χ1) is 11.5. The molecule has 24 heavy (non-hydrogen) atoms. The van der Waals surface area contributed by atoms with Gasteiger partial charge in [0, 0.05) is 21.7 Å². The van der Waals surface area contributed by atoms with Crippen LogP contribution in [0.1, 0.15) is 34.6 Å². The van der Waals surface area contributed by atoms with Gasteiger partial charge in [0.1, 0.15) is 0 Å². The molecule has 3 heterocycles. The van der Waals surface area contributed by atoms with Crippen LogP contribution in [0.15, 0.2) is 51.5 Å². The molecule has 0 fully saturated rings. The second-order valence-corrected chi connectivity index (χ2v) is 7.85. The monoisotopic (exact) mass is 447 g/mol. The van der Waals surface area contributed by atoms with Crippen molar-refractivity contribution < 1.29 is 4.79 Å². The minimum Gasteiger partial charge on any atom is -0.330 e. The van der Waals surface area contributed by atoms with Crippen molar-refractivity contribution in [2.24, 2.45) is 0 Å². The van der Waals surface area contributed by atoms with Crippen molar-refractivity contribution in [1.82, 2.24) is 14.5 Å². The number of hydrogen-bond acceptors (Lipinski definition) is 2. The van der Waals surface area contributed by atoms with Gasteiger partial charge in [-0.05, 0) is 70.7 Å². The number of carbonyl (C=O) groups is 1. The predicted octanol–water partition coefficient (Wildman–Crippen LogP) is 4.62. The maximum Gasteiger partial charge on any atom is 0.274 e. The molecule has 1 aliphatic heterocycles. The van der Waals surface area contributed by atoms with Gasteiger partial charge in [0.05, 0.1) is 11.6 Å². The molecule has 0 aliphatic carbocycles. The van der Waals surface area contributed by atoms with E-state index < -0.39 is 0 Å². The fourth-order valence-electron chi connectivity index (χ4n) is 3.29. The van der Waals surface area contributed by atoms with E-state index in [1.54, 1.807) is 4.52 Å². The Hall–Kier alpha value is -1.66. The van der Waals surface area contributed by atoms with Gasteiger partial charge < -0.3 is 4.90 Å². The van der Waals surface area contributed by atoms with Gasteiger partial charge in [-0.2, -0.15) is 5.10 Å². The third-order valence-corrected chi connectivity index (χ3v) is 5.51. The fourth-order valence-corrected chi connectivity index (χ4v) is 4.03. The molecule has 1 amide bonds. The van der Waals surface area contributed by atoms with Crippen LogP contribution in [0.5, 0.6) is 0 Å². The van der Waals surface area contributed by atoms with Crippen molar-refractivity contribution in [1.29, 1.82) is 0 Å². The molecule has 0 N–H and O–H groups in total. The van der Waals surface area contributed by atoms with E-state index in [0.717, 1.165) is 20.9 Å². The number of halogens is 2. The molecule has 0 spiro atoms. The lowest BCUT2D eigenvalue weighted by atomic mass is 9.93. The molecule has 4 nitrogen and oxygen atoms in total. The third kappa shape index (κ3) is 2.67. The number of nitrogens with zero attached hydrogens (tertiary/aromatic N) is 3. The van der Waals surface area contributed by atoms with Crippen molar-refractivity contribution in [3.05, 3.63) is 68.4 Å². The van der Waals surface area contributed by atoms with E-state index in [1.807, 2.05) is 35.4 Å². The van der Waals surface area contributed by atoms with E-state index in [1.165, 1.54) is 11.1 Å². The van der Waals surface area contributed by atoms with Gasteiger partial charge in [-0.25, -0.2) is 4.52 Å². The number of hydrogen-bond donors (Lipinski definition) is 0. The molecule has 0 radical (unpaired) electrons. The Labute approximate surface area is 156 Å². The number of aromatic nitrogens is 2. The molecule has 1 aromatic carbocycles. The average Bonchev–Trinajstić information content (AvgIpc) is 2.97. The first-order valence-electron chi connectivity index (χ1n) is 7.77. The maximum atomic E-state index is 13.0. The summed E-state index contributed by atoms with van der Waals surface area (Å²) < 4.78 is 3.75. The molecule has 0 saturated heterocycles. The highest BCUT2D eigenvalue weighted by Gasteiger charge is 2.29. The molecule has 0 bridgehead atoms. The first kappa shape index (κ1) is 15.8. The quantitative estimate of drug-likeness (QED) is 0.544. The highest BCUT2D eigenvalue weighted by atomic mass is 79.9. The van der Waals surface area contributed by atoms with Crippen LogP contribution in [0.25, 0.3) is 5.52 Å². The molecule has 1 unspecified atom stereocenters. The molecular formula is C18H15Br2N3O. The number of benzene rings is 1. The van der Waals surface area contributed by atoms with E-state index >= 15 is 0 Å². The Kier molecular flexibility index (Phi) is 3.96. The zero-order chi connectivity index (χ0) is 16.8. The van der Waals surface area contributed by atoms with Crippen LogP contribution in [-0.2, 0) is 6.42 Å². The van der Waals surface area contributed by atoms with Crippen LogP contribution in [0.3, 0.4) is 0 Å². The lowest BCUT2D eigenvalue weighted by Gasteiger charge is -2.35. The minimum absolute atomic E-state index is 0.0177. The van der Waals surface area contributed by atoms with E-state index in [4.69, 9.17) is 0 Å². The van der Waals surface area contributed by atoms with Gasteiger partial charge in [-0.1, -0.05) is 22.0 Å². The van der Waals surface area contributed by atoms with E-state index in [0.29, 0.717) is 12.2 Å². The summed E-state index contributed by atoms with van der Waals surface area (Å²) >= 11 is 6.95. The fraction of sp³-hybridized carbons (Fsp3) is 0.222. The summed E-state index contributed by atoms with van der Waals surface area (Å²) in [7, 11) is 0.